The molecule has 1 aromatic carbocycles. The predicted molar refractivity (Wildman–Crippen MR) is 71.4 cm³/mol. The van der Waals surface area contributed by atoms with Gasteiger partial charge in [0.05, 0.1) is 0 Å². The van der Waals surface area contributed by atoms with Crippen LogP contribution in [0.1, 0.15) is 25.0 Å². The zero-order valence-corrected chi connectivity index (χ0v) is 11.0. The quantitative estimate of drug-likeness (QED) is 0.859. The van der Waals surface area contributed by atoms with Gasteiger partial charge in [0.2, 0.25) is 0 Å². The fourth-order valence-electron chi connectivity index (χ4n) is 2.76. The summed E-state index contributed by atoms with van der Waals surface area (Å²) in [6.07, 6.45) is 2.18. The fourth-order valence-corrected chi connectivity index (χ4v) is 2.76. The number of rotatable bonds is 1. The van der Waals surface area contributed by atoms with Gasteiger partial charge in [0.1, 0.15) is 11.4 Å². The number of fused-ring (bicyclic) bond motifs is 1. The summed E-state index contributed by atoms with van der Waals surface area (Å²) >= 11 is 0. The number of likely N-dealkylation sites (tertiary alicyclic amines) is 1. The van der Waals surface area contributed by atoms with Gasteiger partial charge in [0, 0.05) is 11.9 Å². The van der Waals surface area contributed by atoms with Crippen molar-refractivity contribution in [3.05, 3.63) is 35.8 Å². The van der Waals surface area contributed by atoms with Crippen molar-refractivity contribution in [3.63, 3.8) is 0 Å². The second kappa shape index (κ2) is 4.62. The molecule has 1 unspecified atom stereocenters. The Morgan fingerprint density at radius 1 is 1.32 bits per heavy atom. The minimum Gasteiger partial charge on any atom is -0.455 e. The van der Waals surface area contributed by atoms with Crippen LogP contribution in [-0.4, -0.2) is 30.1 Å². The summed E-state index contributed by atoms with van der Waals surface area (Å²) in [5.74, 6) is 0.112. The number of nitrogens with zero attached hydrogens (tertiary/aromatic N) is 1. The number of hydrogen-bond acceptors (Lipinski definition) is 3. The largest absolute Gasteiger partial charge is 0.455 e. The Labute approximate surface area is 111 Å². The average molecular weight is 263 g/mol. The van der Waals surface area contributed by atoms with Gasteiger partial charge in [0.15, 0.2) is 11.4 Å². The Morgan fingerprint density at radius 3 is 2.95 bits per heavy atom. The van der Waals surface area contributed by atoms with E-state index in [9.17, 15) is 9.50 Å². The van der Waals surface area contributed by atoms with Crippen molar-refractivity contribution in [3.8, 4) is 0 Å². The summed E-state index contributed by atoms with van der Waals surface area (Å²) in [4.78, 5) is 2.20. The van der Waals surface area contributed by atoms with Crippen LogP contribution in [0.5, 0.6) is 0 Å². The first-order valence-corrected chi connectivity index (χ1v) is 6.68. The molecule has 1 N–H and O–H groups in total. The Hall–Kier alpha value is -1.39. The summed E-state index contributed by atoms with van der Waals surface area (Å²) in [6.45, 7) is 1.78. The molecule has 0 bridgehead atoms. The number of para-hydroxylation sites is 1. The third kappa shape index (κ3) is 2.26. The Balaban J connectivity index is 2.00. The smallest absolute Gasteiger partial charge is 0.170 e. The van der Waals surface area contributed by atoms with E-state index in [1.807, 2.05) is 7.05 Å². The minimum absolute atomic E-state index is 0.239. The summed E-state index contributed by atoms with van der Waals surface area (Å²) < 4.78 is 19.2. The SMILES string of the molecule is CN1CCCC(O)(c2cc3cccc(F)c3o2)CC1. The van der Waals surface area contributed by atoms with Crippen LogP contribution in [0.3, 0.4) is 0 Å². The predicted octanol–water partition coefficient (Wildman–Crippen LogP) is 2.88. The van der Waals surface area contributed by atoms with Gasteiger partial charge in [0.25, 0.3) is 0 Å². The van der Waals surface area contributed by atoms with Crippen molar-refractivity contribution >= 4 is 11.0 Å². The number of furan rings is 1. The molecule has 2 aromatic rings. The van der Waals surface area contributed by atoms with E-state index in [0.717, 1.165) is 19.5 Å². The molecule has 0 aliphatic carbocycles. The van der Waals surface area contributed by atoms with E-state index in [-0.39, 0.29) is 11.4 Å². The number of benzene rings is 1. The van der Waals surface area contributed by atoms with E-state index in [1.54, 1.807) is 18.2 Å². The van der Waals surface area contributed by atoms with E-state index in [1.165, 1.54) is 6.07 Å². The number of hydrogen-bond donors (Lipinski definition) is 1. The van der Waals surface area contributed by atoms with E-state index >= 15 is 0 Å². The molecule has 0 spiro atoms. The van der Waals surface area contributed by atoms with Crippen LogP contribution in [0, 0.1) is 5.82 Å². The van der Waals surface area contributed by atoms with Crippen LogP contribution in [0.25, 0.3) is 11.0 Å². The Kier molecular flexibility index (Phi) is 3.07. The second-order valence-corrected chi connectivity index (χ2v) is 5.46. The van der Waals surface area contributed by atoms with Crippen LogP contribution in [0.2, 0.25) is 0 Å². The lowest BCUT2D eigenvalue weighted by Crippen LogP contribution is -2.27. The number of aliphatic hydroxyl groups is 1. The topological polar surface area (TPSA) is 36.6 Å². The van der Waals surface area contributed by atoms with Crippen LogP contribution >= 0.6 is 0 Å². The summed E-state index contributed by atoms with van der Waals surface area (Å²) in [7, 11) is 2.05. The van der Waals surface area contributed by atoms with Crippen molar-refractivity contribution in [1.82, 2.24) is 4.90 Å². The molecular formula is C15H18FNO2. The lowest BCUT2D eigenvalue weighted by Gasteiger charge is -2.23. The zero-order chi connectivity index (χ0) is 13.5. The van der Waals surface area contributed by atoms with Crippen LogP contribution in [-0.2, 0) is 5.60 Å². The summed E-state index contributed by atoms with van der Waals surface area (Å²) in [5.41, 5.74) is -0.737. The monoisotopic (exact) mass is 263 g/mol. The lowest BCUT2D eigenvalue weighted by molar-refractivity contribution is 0.00218. The molecule has 1 atom stereocenters. The molecule has 1 aliphatic rings. The van der Waals surface area contributed by atoms with Gasteiger partial charge < -0.3 is 14.4 Å². The molecule has 1 aliphatic heterocycles. The maximum absolute atomic E-state index is 13.7. The second-order valence-electron chi connectivity index (χ2n) is 5.46. The molecular weight excluding hydrogens is 245 g/mol. The van der Waals surface area contributed by atoms with Crippen molar-refractivity contribution in [2.45, 2.75) is 24.9 Å². The summed E-state index contributed by atoms with van der Waals surface area (Å²) in [6, 6.07) is 6.60. The van der Waals surface area contributed by atoms with Crippen molar-refractivity contribution in [2.24, 2.45) is 0 Å². The van der Waals surface area contributed by atoms with Crippen LogP contribution in [0.4, 0.5) is 4.39 Å². The average Bonchev–Trinajstić information content (AvgIpc) is 2.75. The Morgan fingerprint density at radius 2 is 2.16 bits per heavy atom. The van der Waals surface area contributed by atoms with Gasteiger partial charge in [-0.3, -0.25) is 0 Å². The maximum Gasteiger partial charge on any atom is 0.170 e. The van der Waals surface area contributed by atoms with Crippen molar-refractivity contribution in [2.75, 3.05) is 20.1 Å². The van der Waals surface area contributed by atoms with Gasteiger partial charge >= 0.3 is 0 Å². The first-order chi connectivity index (χ1) is 9.08. The van der Waals surface area contributed by atoms with E-state index in [2.05, 4.69) is 4.90 Å². The normalized spacial score (nSPS) is 25.6. The molecule has 102 valence electrons. The lowest BCUT2D eigenvalue weighted by atomic mass is 9.92. The molecule has 0 amide bonds. The molecule has 3 rings (SSSR count). The highest BCUT2D eigenvalue weighted by atomic mass is 19.1. The maximum atomic E-state index is 13.7. The molecule has 1 fully saturated rings. The molecule has 3 nitrogen and oxygen atoms in total. The highest BCUT2D eigenvalue weighted by Gasteiger charge is 2.34. The molecule has 1 saturated heterocycles. The fraction of sp³-hybridized carbons (Fsp3) is 0.467. The molecule has 19 heavy (non-hydrogen) atoms. The minimum atomic E-state index is -0.976. The van der Waals surface area contributed by atoms with Gasteiger partial charge in [-0.2, -0.15) is 0 Å². The first kappa shape index (κ1) is 12.6. The first-order valence-electron chi connectivity index (χ1n) is 6.68. The van der Waals surface area contributed by atoms with Gasteiger partial charge in [-0.05, 0) is 45.0 Å². The molecule has 2 heterocycles. The van der Waals surface area contributed by atoms with Gasteiger partial charge in [-0.25, -0.2) is 4.39 Å². The molecule has 1 aromatic heterocycles. The zero-order valence-electron chi connectivity index (χ0n) is 11.0. The van der Waals surface area contributed by atoms with Crippen molar-refractivity contribution < 1.29 is 13.9 Å². The summed E-state index contributed by atoms with van der Waals surface area (Å²) in [5, 5.41) is 11.5. The van der Waals surface area contributed by atoms with E-state index in [0.29, 0.717) is 24.0 Å². The third-order valence-corrected chi connectivity index (χ3v) is 3.99. The Bertz CT molecular complexity index is 595. The molecule has 0 saturated carbocycles. The number of halogens is 1. The molecule has 0 radical (unpaired) electrons. The van der Waals surface area contributed by atoms with Crippen LogP contribution < -0.4 is 0 Å². The highest BCUT2D eigenvalue weighted by molar-refractivity contribution is 5.78. The van der Waals surface area contributed by atoms with Gasteiger partial charge in [-0.1, -0.05) is 12.1 Å². The van der Waals surface area contributed by atoms with Gasteiger partial charge in [-0.15, -0.1) is 0 Å². The highest BCUT2D eigenvalue weighted by Crippen LogP contribution is 2.36. The van der Waals surface area contributed by atoms with Crippen LogP contribution in [0.15, 0.2) is 28.7 Å². The molecule has 4 heteroatoms. The van der Waals surface area contributed by atoms with Crippen molar-refractivity contribution in [1.29, 1.82) is 0 Å². The third-order valence-electron chi connectivity index (χ3n) is 3.99. The standard InChI is InChI=1S/C15H18FNO2/c1-17-8-3-6-15(18,7-9-17)13-10-11-4-2-5-12(16)14(11)19-13/h2,4-5,10,18H,3,6-9H2,1H3. The van der Waals surface area contributed by atoms with E-state index < -0.39 is 5.60 Å². The van der Waals surface area contributed by atoms with E-state index in [4.69, 9.17) is 4.42 Å².